The number of rotatable bonds is 3. The first-order chi connectivity index (χ1) is 12.0. The van der Waals surface area contributed by atoms with Gasteiger partial charge in [0, 0.05) is 17.6 Å². The Balaban J connectivity index is 0.000000115. The van der Waals surface area contributed by atoms with E-state index in [0.29, 0.717) is 17.7 Å². The zero-order valence-corrected chi connectivity index (χ0v) is 15.9. The summed E-state index contributed by atoms with van der Waals surface area (Å²) in [5.41, 5.74) is 7.06. The van der Waals surface area contributed by atoms with Crippen molar-refractivity contribution < 1.29 is 5.11 Å². The van der Waals surface area contributed by atoms with Crippen molar-refractivity contribution in [2.45, 2.75) is 88.1 Å². The highest BCUT2D eigenvalue weighted by atomic mass is 16.3. The molecule has 0 unspecified atom stereocenters. The number of aliphatic hydroxyl groups is 1. The van der Waals surface area contributed by atoms with E-state index in [0.717, 1.165) is 42.1 Å². The molecule has 0 radical (unpaired) electrons. The summed E-state index contributed by atoms with van der Waals surface area (Å²) in [6.45, 7) is 1.09. The van der Waals surface area contributed by atoms with E-state index in [2.05, 4.69) is 5.32 Å². The summed E-state index contributed by atoms with van der Waals surface area (Å²) in [6, 6.07) is 0. The molecule has 8 saturated carbocycles. The van der Waals surface area contributed by atoms with E-state index >= 15 is 0 Å². The fourth-order valence-electron chi connectivity index (χ4n) is 8.83. The van der Waals surface area contributed by atoms with Crippen molar-refractivity contribution >= 4 is 0 Å². The average Bonchev–Trinajstić information content (AvgIpc) is 2.50. The van der Waals surface area contributed by atoms with Crippen molar-refractivity contribution in [2.24, 2.45) is 41.2 Å². The Bertz CT molecular complexity index is 432. The molecule has 0 amide bonds. The molecular formula is C22H38N2O. The molecule has 0 aromatic carbocycles. The molecule has 0 aromatic rings. The lowest BCUT2D eigenvalue weighted by atomic mass is 9.53. The predicted octanol–water partition coefficient (Wildman–Crippen LogP) is 3.45. The maximum atomic E-state index is 8.91. The maximum Gasteiger partial charge on any atom is 0.0556 e. The van der Waals surface area contributed by atoms with Crippen molar-refractivity contribution in [3.05, 3.63) is 0 Å². The van der Waals surface area contributed by atoms with Crippen LogP contribution in [0.1, 0.15) is 77.0 Å². The summed E-state index contributed by atoms with van der Waals surface area (Å²) in [6.07, 6.45) is 17.2. The molecule has 25 heavy (non-hydrogen) atoms. The van der Waals surface area contributed by atoms with E-state index in [9.17, 15) is 0 Å². The molecular weight excluding hydrogens is 308 g/mol. The Morgan fingerprint density at radius 3 is 1.36 bits per heavy atom. The van der Waals surface area contributed by atoms with E-state index in [1.54, 1.807) is 0 Å². The Morgan fingerprint density at radius 1 is 0.680 bits per heavy atom. The van der Waals surface area contributed by atoms with Gasteiger partial charge in [-0.3, -0.25) is 0 Å². The number of hydrogen-bond donors (Lipinski definition) is 3. The molecule has 8 aliphatic carbocycles. The fraction of sp³-hybridized carbons (Fsp3) is 1.00. The number of nitrogens with two attached hydrogens (primary N) is 1. The summed E-state index contributed by atoms with van der Waals surface area (Å²) < 4.78 is 0. The normalized spacial score (nSPS) is 54.5. The van der Waals surface area contributed by atoms with Gasteiger partial charge in [0.25, 0.3) is 0 Å². The van der Waals surface area contributed by atoms with Gasteiger partial charge >= 0.3 is 0 Å². The zero-order valence-electron chi connectivity index (χ0n) is 15.9. The lowest BCUT2D eigenvalue weighted by Crippen LogP contribution is -2.58. The molecule has 3 nitrogen and oxygen atoms in total. The second-order valence-corrected chi connectivity index (χ2v) is 11.1. The molecule has 0 atom stereocenters. The van der Waals surface area contributed by atoms with Crippen LogP contribution in [-0.4, -0.2) is 29.3 Å². The van der Waals surface area contributed by atoms with Crippen LogP contribution in [0.25, 0.3) is 0 Å². The Labute approximate surface area is 153 Å². The molecule has 0 aromatic heterocycles. The molecule has 8 rings (SSSR count). The first kappa shape index (κ1) is 17.0. The predicted molar refractivity (Wildman–Crippen MR) is 101 cm³/mol. The summed E-state index contributed by atoms with van der Waals surface area (Å²) in [4.78, 5) is 0. The van der Waals surface area contributed by atoms with E-state index in [1.807, 2.05) is 0 Å². The van der Waals surface area contributed by atoms with Crippen molar-refractivity contribution in [1.82, 2.24) is 5.32 Å². The summed E-state index contributed by atoms with van der Waals surface area (Å²) >= 11 is 0. The minimum atomic E-state index is 0.293. The molecule has 3 heteroatoms. The van der Waals surface area contributed by atoms with Crippen LogP contribution in [0.4, 0.5) is 0 Å². The molecule has 0 saturated heterocycles. The first-order valence-electron chi connectivity index (χ1n) is 11.2. The highest BCUT2D eigenvalue weighted by Crippen LogP contribution is 2.56. The van der Waals surface area contributed by atoms with Gasteiger partial charge in [0.1, 0.15) is 0 Å². The lowest BCUT2D eigenvalue weighted by molar-refractivity contribution is -0.0210. The minimum Gasteiger partial charge on any atom is -0.395 e. The van der Waals surface area contributed by atoms with Crippen LogP contribution in [0, 0.1) is 35.5 Å². The van der Waals surface area contributed by atoms with Gasteiger partial charge in [-0.05, 0) is 113 Å². The zero-order chi connectivity index (χ0) is 17.1. The molecule has 0 spiro atoms. The van der Waals surface area contributed by atoms with Gasteiger partial charge in [-0.15, -0.1) is 0 Å². The van der Waals surface area contributed by atoms with Gasteiger partial charge in [0.05, 0.1) is 6.61 Å². The van der Waals surface area contributed by atoms with Crippen LogP contribution in [0.3, 0.4) is 0 Å². The highest BCUT2D eigenvalue weighted by Gasteiger charge is 2.50. The minimum absolute atomic E-state index is 0.293. The second kappa shape index (κ2) is 6.21. The average molecular weight is 347 g/mol. The van der Waals surface area contributed by atoms with Crippen molar-refractivity contribution in [3.8, 4) is 0 Å². The van der Waals surface area contributed by atoms with Crippen LogP contribution >= 0.6 is 0 Å². The van der Waals surface area contributed by atoms with Crippen molar-refractivity contribution in [3.63, 3.8) is 0 Å². The summed E-state index contributed by atoms with van der Waals surface area (Å²) in [5.74, 6) is 6.08. The Hall–Kier alpha value is -0.120. The highest BCUT2D eigenvalue weighted by molar-refractivity contribution is 5.06. The summed E-state index contributed by atoms with van der Waals surface area (Å²) in [7, 11) is 0. The van der Waals surface area contributed by atoms with Gasteiger partial charge in [0.2, 0.25) is 0 Å². The SMILES string of the molecule is NC12CC3CC(CC(C3)C1)C2.OCCNC12CC3CC(CC(C3)C1)C2. The van der Waals surface area contributed by atoms with Crippen molar-refractivity contribution in [2.75, 3.05) is 13.2 Å². The van der Waals surface area contributed by atoms with Gasteiger partial charge in [-0.2, -0.15) is 0 Å². The number of nitrogens with one attached hydrogen (secondary N) is 1. The van der Waals surface area contributed by atoms with E-state index in [1.165, 1.54) is 77.0 Å². The van der Waals surface area contributed by atoms with Gasteiger partial charge in [-0.1, -0.05) is 0 Å². The van der Waals surface area contributed by atoms with E-state index in [4.69, 9.17) is 10.8 Å². The number of β-amino-alcohol motifs (C(OH)–C–C–N with tert-alkyl or cyclic N) is 1. The Morgan fingerprint density at radius 2 is 1.04 bits per heavy atom. The van der Waals surface area contributed by atoms with Crippen LogP contribution in [-0.2, 0) is 0 Å². The molecule has 8 fully saturated rings. The fourth-order valence-corrected chi connectivity index (χ4v) is 8.83. The van der Waals surface area contributed by atoms with Gasteiger partial charge in [0.15, 0.2) is 0 Å². The number of aliphatic hydroxyl groups excluding tert-OH is 1. The van der Waals surface area contributed by atoms with E-state index in [-0.39, 0.29) is 0 Å². The quantitative estimate of drug-likeness (QED) is 0.733. The largest absolute Gasteiger partial charge is 0.395 e. The second-order valence-electron chi connectivity index (χ2n) is 11.1. The molecule has 4 N–H and O–H groups in total. The van der Waals surface area contributed by atoms with E-state index < -0.39 is 0 Å². The lowest BCUT2D eigenvalue weighted by Gasteiger charge is -2.57. The third kappa shape index (κ3) is 3.30. The van der Waals surface area contributed by atoms with Gasteiger partial charge < -0.3 is 16.2 Å². The molecule has 0 heterocycles. The van der Waals surface area contributed by atoms with Crippen LogP contribution < -0.4 is 11.1 Å². The summed E-state index contributed by atoms with van der Waals surface area (Å²) in [5, 5.41) is 12.5. The number of hydrogen-bond acceptors (Lipinski definition) is 3. The third-order valence-electron chi connectivity index (χ3n) is 8.74. The van der Waals surface area contributed by atoms with Crippen LogP contribution in [0.2, 0.25) is 0 Å². The molecule has 8 bridgehead atoms. The third-order valence-corrected chi connectivity index (χ3v) is 8.74. The molecule has 142 valence electrons. The monoisotopic (exact) mass is 346 g/mol. The van der Waals surface area contributed by atoms with Crippen molar-refractivity contribution in [1.29, 1.82) is 0 Å². The first-order valence-corrected chi connectivity index (χ1v) is 11.2. The standard InChI is InChI=1S/C12H21NO.C10H17N/c14-2-1-13-12-6-9-3-10(7-12)5-11(4-9)8-12;11-10-4-7-1-8(5-10)3-9(2-7)6-10/h9-11,13-14H,1-8H2;7-9H,1-6,11H2. The topological polar surface area (TPSA) is 58.3 Å². The molecule has 8 aliphatic rings. The Kier molecular flexibility index (Phi) is 4.22. The smallest absolute Gasteiger partial charge is 0.0556 e. The van der Waals surface area contributed by atoms with Gasteiger partial charge in [-0.25, -0.2) is 0 Å². The molecule has 0 aliphatic heterocycles. The van der Waals surface area contributed by atoms with Crippen LogP contribution in [0.5, 0.6) is 0 Å². The van der Waals surface area contributed by atoms with Crippen LogP contribution in [0.15, 0.2) is 0 Å². The maximum absolute atomic E-state index is 8.91.